The molecule has 5 heteroatoms. The SMILES string of the molecule is Cc1cccc(C2(C(=O)O)CCN(N=O)CC2)c1. The number of rotatable bonds is 3. The van der Waals surface area contributed by atoms with E-state index in [-0.39, 0.29) is 0 Å². The number of carboxylic acids is 1. The molecule has 1 aliphatic rings. The van der Waals surface area contributed by atoms with Gasteiger partial charge in [-0.3, -0.25) is 9.80 Å². The van der Waals surface area contributed by atoms with E-state index in [0.717, 1.165) is 11.1 Å². The Bertz CT molecular complexity index is 465. The molecule has 0 aliphatic carbocycles. The highest BCUT2D eigenvalue weighted by Crippen LogP contribution is 2.36. The molecule has 1 N–H and O–H groups in total. The minimum absolute atomic E-state index is 0.393. The van der Waals surface area contributed by atoms with Crippen LogP contribution in [0.1, 0.15) is 24.0 Å². The zero-order valence-electron chi connectivity index (χ0n) is 10.3. The first-order chi connectivity index (χ1) is 8.58. The number of nitroso groups, excluding NO2 is 1. The largest absolute Gasteiger partial charge is 0.481 e. The topological polar surface area (TPSA) is 70.0 Å². The van der Waals surface area contributed by atoms with Crippen molar-refractivity contribution in [1.82, 2.24) is 5.01 Å². The van der Waals surface area contributed by atoms with Crippen LogP contribution < -0.4 is 0 Å². The van der Waals surface area contributed by atoms with E-state index in [1.165, 1.54) is 5.01 Å². The van der Waals surface area contributed by atoms with Gasteiger partial charge in [-0.25, -0.2) is 0 Å². The molecule has 5 nitrogen and oxygen atoms in total. The summed E-state index contributed by atoms with van der Waals surface area (Å²) in [5.41, 5.74) is 0.984. The monoisotopic (exact) mass is 248 g/mol. The van der Waals surface area contributed by atoms with Gasteiger partial charge >= 0.3 is 5.97 Å². The van der Waals surface area contributed by atoms with Crippen molar-refractivity contribution in [2.45, 2.75) is 25.2 Å². The lowest BCUT2D eigenvalue weighted by Crippen LogP contribution is -2.45. The van der Waals surface area contributed by atoms with E-state index in [0.29, 0.717) is 25.9 Å². The molecule has 0 amide bonds. The number of nitrogens with zero attached hydrogens (tertiary/aromatic N) is 2. The summed E-state index contributed by atoms with van der Waals surface area (Å²) in [4.78, 5) is 22.1. The highest BCUT2D eigenvalue weighted by molar-refractivity contribution is 5.81. The van der Waals surface area contributed by atoms with Crippen molar-refractivity contribution < 1.29 is 9.90 Å². The molecule has 1 saturated heterocycles. The van der Waals surface area contributed by atoms with Crippen LogP contribution in [0.25, 0.3) is 0 Å². The van der Waals surface area contributed by atoms with Gasteiger partial charge in [-0.05, 0) is 25.3 Å². The van der Waals surface area contributed by atoms with Crippen molar-refractivity contribution >= 4 is 5.97 Å². The maximum atomic E-state index is 11.7. The first-order valence-corrected chi connectivity index (χ1v) is 5.97. The molecule has 96 valence electrons. The molecule has 18 heavy (non-hydrogen) atoms. The number of hydrogen-bond donors (Lipinski definition) is 1. The Hall–Kier alpha value is -1.91. The van der Waals surface area contributed by atoms with Crippen LogP contribution in [0.15, 0.2) is 29.6 Å². The van der Waals surface area contributed by atoms with Crippen LogP contribution in [0.2, 0.25) is 0 Å². The molecule has 0 bridgehead atoms. The molecule has 1 aliphatic heterocycles. The van der Waals surface area contributed by atoms with E-state index in [1.807, 2.05) is 31.2 Å². The number of piperidine rings is 1. The van der Waals surface area contributed by atoms with Gasteiger partial charge in [-0.2, -0.15) is 0 Å². The van der Waals surface area contributed by atoms with Gasteiger partial charge in [-0.15, -0.1) is 4.91 Å². The van der Waals surface area contributed by atoms with Gasteiger partial charge in [0, 0.05) is 13.1 Å². The standard InChI is InChI=1S/C13H16N2O3/c1-10-3-2-4-11(9-10)13(12(16)17)5-7-15(14-18)8-6-13/h2-4,9H,5-8H2,1H3,(H,16,17). The third kappa shape index (κ3) is 2.08. The van der Waals surface area contributed by atoms with Crippen LogP contribution in [0.5, 0.6) is 0 Å². The predicted octanol–water partition coefficient (Wildman–Crippen LogP) is 2.09. The fraction of sp³-hybridized carbons (Fsp3) is 0.462. The number of aliphatic carboxylic acids is 1. The predicted molar refractivity (Wildman–Crippen MR) is 67.1 cm³/mol. The van der Waals surface area contributed by atoms with Crippen LogP contribution in [0.4, 0.5) is 0 Å². The summed E-state index contributed by atoms with van der Waals surface area (Å²) in [5.74, 6) is -0.821. The molecule has 1 heterocycles. The van der Waals surface area contributed by atoms with Crippen LogP contribution in [-0.2, 0) is 10.2 Å². The van der Waals surface area contributed by atoms with Crippen LogP contribution in [-0.4, -0.2) is 29.2 Å². The maximum absolute atomic E-state index is 11.7. The van der Waals surface area contributed by atoms with Gasteiger partial charge in [-0.1, -0.05) is 29.8 Å². The Kier molecular flexibility index (Phi) is 3.32. The fourth-order valence-electron chi connectivity index (χ4n) is 2.53. The molecule has 0 radical (unpaired) electrons. The molecule has 1 aromatic rings. The Morgan fingerprint density at radius 3 is 2.56 bits per heavy atom. The molecule has 1 aromatic carbocycles. The zero-order chi connectivity index (χ0) is 13.2. The Morgan fingerprint density at radius 2 is 2.06 bits per heavy atom. The van der Waals surface area contributed by atoms with Crippen LogP contribution in [0.3, 0.4) is 0 Å². The normalized spacial score (nSPS) is 18.4. The van der Waals surface area contributed by atoms with E-state index in [9.17, 15) is 14.8 Å². The number of aryl methyl sites for hydroxylation is 1. The molecule has 2 rings (SSSR count). The molecule has 0 saturated carbocycles. The Labute approximate surface area is 105 Å². The summed E-state index contributed by atoms with van der Waals surface area (Å²) in [6, 6.07) is 7.59. The lowest BCUT2D eigenvalue weighted by atomic mass is 9.73. The summed E-state index contributed by atoms with van der Waals surface area (Å²) >= 11 is 0. The second-order valence-electron chi connectivity index (χ2n) is 4.79. The molecular formula is C13H16N2O3. The molecular weight excluding hydrogens is 232 g/mol. The van der Waals surface area contributed by atoms with Crippen LogP contribution in [0, 0.1) is 11.8 Å². The van der Waals surface area contributed by atoms with E-state index in [1.54, 1.807) is 0 Å². The highest BCUT2D eigenvalue weighted by atomic mass is 16.4. The number of benzene rings is 1. The second kappa shape index (κ2) is 4.76. The Balaban J connectivity index is 2.34. The Morgan fingerprint density at radius 1 is 1.39 bits per heavy atom. The van der Waals surface area contributed by atoms with E-state index in [2.05, 4.69) is 5.29 Å². The molecule has 1 fully saturated rings. The summed E-state index contributed by atoms with van der Waals surface area (Å²) in [7, 11) is 0. The fourth-order valence-corrected chi connectivity index (χ4v) is 2.53. The summed E-state index contributed by atoms with van der Waals surface area (Å²) in [5, 5.41) is 13.8. The number of carboxylic acid groups (broad SMARTS) is 1. The molecule has 0 spiro atoms. The second-order valence-corrected chi connectivity index (χ2v) is 4.79. The van der Waals surface area contributed by atoms with E-state index in [4.69, 9.17) is 0 Å². The van der Waals surface area contributed by atoms with Gasteiger partial charge in [0.2, 0.25) is 0 Å². The van der Waals surface area contributed by atoms with Gasteiger partial charge in [0.1, 0.15) is 0 Å². The van der Waals surface area contributed by atoms with Gasteiger partial charge in [0.05, 0.1) is 10.7 Å². The minimum Gasteiger partial charge on any atom is -0.481 e. The molecule has 0 atom stereocenters. The lowest BCUT2D eigenvalue weighted by Gasteiger charge is -2.36. The summed E-state index contributed by atoms with van der Waals surface area (Å²) in [6.45, 7) is 2.73. The zero-order valence-corrected chi connectivity index (χ0v) is 10.3. The van der Waals surface area contributed by atoms with Crippen molar-refractivity contribution in [3.8, 4) is 0 Å². The van der Waals surface area contributed by atoms with Crippen molar-refractivity contribution in [2.24, 2.45) is 5.29 Å². The summed E-state index contributed by atoms with van der Waals surface area (Å²) in [6.07, 6.45) is 0.828. The minimum atomic E-state index is -0.882. The first-order valence-electron chi connectivity index (χ1n) is 5.97. The average molecular weight is 248 g/mol. The number of carbonyl (C=O) groups is 1. The highest BCUT2D eigenvalue weighted by Gasteiger charge is 2.43. The van der Waals surface area contributed by atoms with Crippen molar-refractivity contribution in [3.63, 3.8) is 0 Å². The molecule has 0 unspecified atom stereocenters. The molecule has 0 aromatic heterocycles. The van der Waals surface area contributed by atoms with E-state index >= 15 is 0 Å². The third-order valence-electron chi connectivity index (χ3n) is 3.69. The van der Waals surface area contributed by atoms with Crippen molar-refractivity contribution in [2.75, 3.05) is 13.1 Å². The van der Waals surface area contributed by atoms with E-state index < -0.39 is 11.4 Å². The van der Waals surface area contributed by atoms with Crippen LogP contribution >= 0.6 is 0 Å². The van der Waals surface area contributed by atoms with Gasteiger partial charge < -0.3 is 5.11 Å². The average Bonchev–Trinajstić information content (AvgIpc) is 2.38. The smallest absolute Gasteiger partial charge is 0.314 e. The first kappa shape index (κ1) is 12.5. The van der Waals surface area contributed by atoms with Gasteiger partial charge in [0.25, 0.3) is 0 Å². The van der Waals surface area contributed by atoms with Crippen molar-refractivity contribution in [3.05, 3.63) is 40.3 Å². The summed E-state index contributed by atoms with van der Waals surface area (Å²) < 4.78 is 0. The van der Waals surface area contributed by atoms with Gasteiger partial charge in [0.15, 0.2) is 0 Å². The maximum Gasteiger partial charge on any atom is 0.314 e. The quantitative estimate of drug-likeness (QED) is 0.831. The lowest BCUT2D eigenvalue weighted by molar-refractivity contribution is -0.146. The third-order valence-corrected chi connectivity index (χ3v) is 3.69. The van der Waals surface area contributed by atoms with Crippen molar-refractivity contribution in [1.29, 1.82) is 0 Å². The number of hydrogen-bond acceptors (Lipinski definition) is 3.